The van der Waals surface area contributed by atoms with Crippen LogP contribution in [-0.4, -0.2) is 0 Å². The predicted octanol–water partition coefficient (Wildman–Crippen LogP) is 5.06. The molecular formula is C10H13Cl2O3P. The van der Waals surface area contributed by atoms with E-state index in [0.29, 0.717) is 11.7 Å². The maximum atomic E-state index is 5.42. The minimum absolute atomic E-state index is 0.331. The highest BCUT2D eigenvalue weighted by Crippen LogP contribution is 2.45. The van der Waals surface area contributed by atoms with Crippen LogP contribution in [0.15, 0.2) is 18.2 Å². The van der Waals surface area contributed by atoms with E-state index in [2.05, 4.69) is 28.1 Å². The van der Waals surface area contributed by atoms with Gasteiger partial charge in [-0.05, 0) is 24.5 Å². The van der Waals surface area contributed by atoms with Crippen LogP contribution in [-0.2, 0) is 8.15 Å². The highest BCUT2D eigenvalue weighted by molar-refractivity contribution is 7.44. The van der Waals surface area contributed by atoms with E-state index in [1.54, 1.807) is 0 Å². The zero-order valence-corrected chi connectivity index (χ0v) is 11.6. The van der Waals surface area contributed by atoms with E-state index in [1.807, 2.05) is 19.1 Å². The van der Waals surface area contributed by atoms with Crippen molar-refractivity contribution in [2.75, 3.05) is 0 Å². The fourth-order valence-corrected chi connectivity index (χ4v) is 2.15. The van der Waals surface area contributed by atoms with E-state index in [-0.39, 0.29) is 0 Å². The maximum Gasteiger partial charge on any atom is 0.433 e. The van der Waals surface area contributed by atoms with E-state index < -0.39 is 8.60 Å². The third-order valence-electron chi connectivity index (χ3n) is 2.07. The molecule has 0 aliphatic carbocycles. The monoisotopic (exact) mass is 282 g/mol. The first-order chi connectivity index (χ1) is 7.58. The van der Waals surface area contributed by atoms with Crippen LogP contribution in [0.4, 0.5) is 0 Å². The first-order valence-electron chi connectivity index (χ1n) is 4.74. The summed E-state index contributed by atoms with van der Waals surface area (Å²) in [6, 6.07) is 5.85. The summed E-state index contributed by atoms with van der Waals surface area (Å²) in [6.45, 7) is 6.18. The summed E-state index contributed by atoms with van der Waals surface area (Å²) in [5.41, 5.74) is 2.23. The summed E-state index contributed by atoms with van der Waals surface area (Å²) in [6.07, 6.45) is 0. The molecule has 0 radical (unpaired) electrons. The molecule has 0 heterocycles. The van der Waals surface area contributed by atoms with Crippen LogP contribution >= 0.6 is 32.3 Å². The Hall–Kier alpha value is -0.0500. The van der Waals surface area contributed by atoms with Crippen LogP contribution in [0.2, 0.25) is 0 Å². The smallest absolute Gasteiger partial charge is 0.425 e. The van der Waals surface area contributed by atoms with Crippen LogP contribution in [0, 0.1) is 6.92 Å². The maximum absolute atomic E-state index is 5.42. The van der Waals surface area contributed by atoms with Crippen molar-refractivity contribution in [3.05, 3.63) is 29.3 Å². The van der Waals surface area contributed by atoms with Gasteiger partial charge in [0.2, 0.25) is 0 Å². The Labute approximate surface area is 107 Å². The first-order valence-corrected chi connectivity index (χ1v) is 6.45. The van der Waals surface area contributed by atoms with E-state index in [0.717, 1.165) is 5.56 Å². The number of rotatable bonds is 5. The van der Waals surface area contributed by atoms with Crippen molar-refractivity contribution < 1.29 is 12.7 Å². The number of halogens is 2. The zero-order valence-electron chi connectivity index (χ0n) is 9.24. The van der Waals surface area contributed by atoms with Gasteiger partial charge >= 0.3 is 8.60 Å². The molecule has 1 rings (SSSR count). The molecule has 0 aromatic heterocycles. The summed E-state index contributed by atoms with van der Waals surface area (Å²) in [5, 5.41) is 0. The minimum atomic E-state index is -1.75. The first kappa shape index (κ1) is 14.0. The standard InChI is InChI=1S/C10H13Cl2O3P/c1-7(2)9-6-8(3)4-5-10(9)13-16(14-11)15-12/h4-7H,1-3H3. The van der Waals surface area contributed by atoms with E-state index >= 15 is 0 Å². The van der Waals surface area contributed by atoms with E-state index in [4.69, 9.17) is 28.3 Å². The fourth-order valence-electron chi connectivity index (χ4n) is 1.32. The average molecular weight is 283 g/mol. The van der Waals surface area contributed by atoms with Gasteiger partial charge in [-0.15, -0.1) is 0 Å². The van der Waals surface area contributed by atoms with Gasteiger partial charge in [0, 0.05) is 0 Å². The van der Waals surface area contributed by atoms with Gasteiger partial charge in [0.15, 0.2) is 0 Å². The molecule has 0 unspecified atom stereocenters. The summed E-state index contributed by atoms with van der Waals surface area (Å²) < 4.78 is 14.3. The molecule has 3 nitrogen and oxygen atoms in total. The molecule has 1 aromatic carbocycles. The Balaban J connectivity index is 2.94. The summed E-state index contributed by atoms with van der Waals surface area (Å²) in [5.74, 6) is 1.01. The average Bonchev–Trinajstić information content (AvgIpc) is 2.27. The van der Waals surface area contributed by atoms with Crippen LogP contribution in [0.25, 0.3) is 0 Å². The third-order valence-corrected chi connectivity index (χ3v) is 3.32. The second-order valence-electron chi connectivity index (χ2n) is 3.65. The molecule has 6 heteroatoms. The Morgan fingerprint density at radius 1 is 1.19 bits per heavy atom. The van der Waals surface area contributed by atoms with Crippen molar-refractivity contribution in [1.82, 2.24) is 0 Å². The highest BCUT2D eigenvalue weighted by Gasteiger charge is 2.17. The molecule has 16 heavy (non-hydrogen) atoms. The number of aryl methyl sites for hydroxylation is 1. The molecule has 0 spiro atoms. The lowest BCUT2D eigenvalue weighted by Crippen LogP contribution is -1.96. The van der Waals surface area contributed by atoms with Crippen LogP contribution < -0.4 is 4.52 Å². The molecule has 0 aliphatic heterocycles. The van der Waals surface area contributed by atoms with Crippen molar-refractivity contribution in [1.29, 1.82) is 0 Å². The summed E-state index contributed by atoms with van der Waals surface area (Å²) >= 11 is 10.4. The Kier molecular flexibility index (Phi) is 5.81. The Morgan fingerprint density at radius 2 is 1.81 bits per heavy atom. The Morgan fingerprint density at radius 3 is 2.31 bits per heavy atom. The largest absolute Gasteiger partial charge is 0.433 e. The fraction of sp³-hybridized carbons (Fsp3) is 0.400. The molecule has 1 aromatic rings. The normalized spacial score (nSPS) is 11.2. The van der Waals surface area contributed by atoms with Crippen LogP contribution in [0.1, 0.15) is 30.9 Å². The topological polar surface area (TPSA) is 27.7 Å². The lowest BCUT2D eigenvalue weighted by molar-refractivity contribution is 0.416. The van der Waals surface area contributed by atoms with Gasteiger partial charge in [0.25, 0.3) is 0 Å². The second-order valence-corrected chi connectivity index (χ2v) is 5.38. The molecular weight excluding hydrogens is 270 g/mol. The quantitative estimate of drug-likeness (QED) is 0.706. The van der Waals surface area contributed by atoms with Crippen molar-refractivity contribution in [3.8, 4) is 5.75 Å². The molecule has 0 atom stereocenters. The summed E-state index contributed by atoms with van der Waals surface area (Å²) in [7, 11) is -1.75. The second kappa shape index (κ2) is 6.63. The van der Waals surface area contributed by atoms with Crippen molar-refractivity contribution in [3.63, 3.8) is 0 Å². The van der Waals surface area contributed by atoms with Gasteiger partial charge in [-0.25, -0.2) is 0 Å². The van der Waals surface area contributed by atoms with Crippen molar-refractivity contribution >= 4 is 32.3 Å². The molecule has 0 aliphatic rings. The zero-order chi connectivity index (χ0) is 12.1. The van der Waals surface area contributed by atoms with Gasteiger partial charge in [0.1, 0.15) is 5.75 Å². The molecule has 0 N–H and O–H groups in total. The molecule has 0 saturated heterocycles. The predicted molar refractivity (Wildman–Crippen MR) is 66.7 cm³/mol. The highest BCUT2D eigenvalue weighted by atomic mass is 35.5. The molecule has 90 valence electrons. The van der Waals surface area contributed by atoms with Gasteiger partial charge in [-0.1, -0.05) is 31.5 Å². The number of hydrogen-bond donors (Lipinski definition) is 0. The van der Waals surface area contributed by atoms with Crippen LogP contribution in [0.3, 0.4) is 0 Å². The van der Waals surface area contributed by atoms with Gasteiger partial charge < -0.3 is 4.52 Å². The molecule has 0 saturated carbocycles. The third kappa shape index (κ3) is 3.76. The SMILES string of the molecule is Cc1ccc(OP(OCl)OCl)c(C(C)C)c1. The molecule has 0 fully saturated rings. The van der Waals surface area contributed by atoms with E-state index in [1.165, 1.54) is 5.56 Å². The minimum Gasteiger partial charge on any atom is -0.425 e. The van der Waals surface area contributed by atoms with Crippen LogP contribution in [0.5, 0.6) is 5.75 Å². The molecule has 0 bridgehead atoms. The van der Waals surface area contributed by atoms with E-state index in [9.17, 15) is 0 Å². The number of hydrogen-bond acceptors (Lipinski definition) is 3. The van der Waals surface area contributed by atoms with Crippen molar-refractivity contribution in [2.24, 2.45) is 0 Å². The van der Waals surface area contributed by atoms with Gasteiger partial charge in [0.05, 0.1) is 23.7 Å². The lowest BCUT2D eigenvalue weighted by atomic mass is 10.0. The number of benzene rings is 1. The lowest BCUT2D eigenvalue weighted by Gasteiger charge is -2.16. The Bertz CT molecular complexity index is 343. The summed E-state index contributed by atoms with van der Waals surface area (Å²) in [4.78, 5) is 0. The molecule has 0 amide bonds. The van der Waals surface area contributed by atoms with Gasteiger partial charge in [-0.2, -0.15) is 8.15 Å². The van der Waals surface area contributed by atoms with Crippen molar-refractivity contribution in [2.45, 2.75) is 26.7 Å². The van der Waals surface area contributed by atoms with Gasteiger partial charge in [-0.3, -0.25) is 0 Å².